The van der Waals surface area contributed by atoms with Crippen LogP contribution in [0, 0.1) is 5.92 Å². The van der Waals surface area contributed by atoms with Crippen molar-refractivity contribution in [3.05, 3.63) is 0 Å². The molecule has 4 nitrogen and oxygen atoms in total. The summed E-state index contributed by atoms with van der Waals surface area (Å²) >= 11 is 0. The maximum absolute atomic E-state index is 12.2. The Kier molecular flexibility index (Phi) is 6.52. The highest BCUT2D eigenvalue weighted by atomic mass is 16.3. The Balaban J connectivity index is 2.57. The summed E-state index contributed by atoms with van der Waals surface area (Å²) in [7, 11) is 0. The lowest BCUT2D eigenvalue weighted by Gasteiger charge is -2.30. The monoisotopic (exact) mass is 242 g/mol. The lowest BCUT2D eigenvalue weighted by Crippen LogP contribution is -2.43. The molecule has 1 heterocycles. The summed E-state index contributed by atoms with van der Waals surface area (Å²) in [5.41, 5.74) is 5.64. The van der Waals surface area contributed by atoms with Crippen LogP contribution in [0.2, 0.25) is 0 Å². The summed E-state index contributed by atoms with van der Waals surface area (Å²) in [6.45, 7) is 3.52. The molecular weight excluding hydrogens is 216 g/mol. The second kappa shape index (κ2) is 7.67. The molecule has 2 atom stereocenters. The topological polar surface area (TPSA) is 66.6 Å². The molecule has 1 saturated heterocycles. The van der Waals surface area contributed by atoms with Crippen LogP contribution in [0.15, 0.2) is 0 Å². The standard InChI is InChI=1S/C13H26N2O2/c1-2-11(9-14)8-13(17)15-7-5-3-4-6-12(15)10-16/h11-12,16H,2-10,14H2,1H3. The number of aliphatic hydroxyl groups is 1. The second-order valence-corrected chi connectivity index (χ2v) is 4.99. The third-order valence-electron chi connectivity index (χ3n) is 3.78. The third-order valence-corrected chi connectivity index (χ3v) is 3.78. The smallest absolute Gasteiger partial charge is 0.223 e. The van der Waals surface area contributed by atoms with Gasteiger partial charge in [-0.05, 0) is 25.3 Å². The van der Waals surface area contributed by atoms with E-state index >= 15 is 0 Å². The quantitative estimate of drug-likeness (QED) is 0.759. The Morgan fingerprint density at radius 2 is 2.24 bits per heavy atom. The van der Waals surface area contributed by atoms with Gasteiger partial charge in [0.1, 0.15) is 0 Å². The molecule has 1 aliphatic heterocycles. The Labute approximate surface area is 104 Å². The predicted octanol–water partition coefficient (Wildman–Crippen LogP) is 1.12. The van der Waals surface area contributed by atoms with Crippen LogP contribution in [0.4, 0.5) is 0 Å². The zero-order valence-corrected chi connectivity index (χ0v) is 10.9. The first-order chi connectivity index (χ1) is 8.22. The van der Waals surface area contributed by atoms with Crippen LogP contribution in [0.3, 0.4) is 0 Å². The van der Waals surface area contributed by atoms with Gasteiger partial charge in [-0.1, -0.05) is 26.2 Å². The van der Waals surface area contributed by atoms with E-state index in [1.54, 1.807) is 0 Å². The van der Waals surface area contributed by atoms with E-state index in [2.05, 4.69) is 6.92 Å². The summed E-state index contributed by atoms with van der Waals surface area (Å²) < 4.78 is 0. The maximum Gasteiger partial charge on any atom is 0.223 e. The molecule has 1 amide bonds. The fraction of sp³-hybridized carbons (Fsp3) is 0.923. The van der Waals surface area contributed by atoms with Gasteiger partial charge in [-0.2, -0.15) is 0 Å². The summed E-state index contributed by atoms with van der Waals surface area (Å²) in [6, 6.07) is 0.0280. The number of carbonyl (C=O) groups excluding carboxylic acids is 1. The molecule has 4 heteroatoms. The Hall–Kier alpha value is -0.610. The summed E-state index contributed by atoms with van der Waals surface area (Å²) in [6.07, 6.45) is 5.74. The Morgan fingerprint density at radius 3 is 2.82 bits per heavy atom. The first-order valence-corrected chi connectivity index (χ1v) is 6.83. The van der Waals surface area contributed by atoms with E-state index in [1.165, 1.54) is 0 Å². The minimum Gasteiger partial charge on any atom is -0.394 e. The SMILES string of the molecule is CCC(CN)CC(=O)N1CCCCCC1CO. The molecular formula is C13H26N2O2. The summed E-state index contributed by atoms with van der Waals surface area (Å²) in [4.78, 5) is 14.1. The van der Waals surface area contributed by atoms with Crippen molar-refractivity contribution < 1.29 is 9.90 Å². The highest BCUT2D eigenvalue weighted by Crippen LogP contribution is 2.19. The normalized spacial score (nSPS) is 23.2. The second-order valence-electron chi connectivity index (χ2n) is 4.99. The lowest BCUT2D eigenvalue weighted by atomic mass is 10.0. The molecule has 0 saturated carbocycles. The van der Waals surface area contributed by atoms with Gasteiger partial charge in [-0.15, -0.1) is 0 Å². The van der Waals surface area contributed by atoms with Crippen molar-refractivity contribution in [3.63, 3.8) is 0 Å². The molecule has 0 aliphatic carbocycles. The molecule has 1 rings (SSSR count). The number of rotatable bonds is 5. The minimum atomic E-state index is 0.0280. The van der Waals surface area contributed by atoms with Crippen LogP contribution in [0.1, 0.15) is 45.4 Å². The molecule has 2 unspecified atom stereocenters. The van der Waals surface area contributed by atoms with E-state index in [4.69, 9.17) is 5.73 Å². The molecule has 0 spiro atoms. The zero-order valence-electron chi connectivity index (χ0n) is 10.9. The molecule has 1 fully saturated rings. The molecule has 0 aromatic rings. The van der Waals surface area contributed by atoms with Crippen LogP contribution in [0.25, 0.3) is 0 Å². The fourth-order valence-electron chi connectivity index (χ4n) is 2.45. The number of hydrogen-bond acceptors (Lipinski definition) is 3. The molecule has 3 N–H and O–H groups in total. The number of nitrogens with zero attached hydrogens (tertiary/aromatic N) is 1. The van der Waals surface area contributed by atoms with Gasteiger partial charge < -0.3 is 15.7 Å². The Bertz CT molecular complexity index is 229. The first kappa shape index (κ1) is 14.5. The fourth-order valence-corrected chi connectivity index (χ4v) is 2.45. The van der Waals surface area contributed by atoms with Gasteiger partial charge in [0.2, 0.25) is 5.91 Å². The van der Waals surface area contributed by atoms with Gasteiger partial charge in [0.05, 0.1) is 12.6 Å². The van der Waals surface area contributed by atoms with Gasteiger partial charge >= 0.3 is 0 Å². The van der Waals surface area contributed by atoms with Crippen molar-refractivity contribution in [2.24, 2.45) is 11.7 Å². The molecule has 17 heavy (non-hydrogen) atoms. The van der Waals surface area contributed by atoms with Crippen molar-refractivity contribution in [1.82, 2.24) is 4.90 Å². The van der Waals surface area contributed by atoms with Crippen molar-refractivity contribution in [1.29, 1.82) is 0 Å². The molecule has 0 radical (unpaired) electrons. The highest BCUT2D eigenvalue weighted by Gasteiger charge is 2.25. The molecule has 0 bridgehead atoms. The van der Waals surface area contributed by atoms with E-state index in [9.17, 15) is 9.90 Å². The number of nitrogens with two attached hydrogens (primary N) is 1. The minimum absolute atomic E-state index is 0.0280. The number of aliphatic hydroxyl groups excluding tert-OH is 1. The van der Waals surface area contributed by atoms with Gasteiger partial charge in [0, 0.05) is 13.0 Å². The number of amides is 1. The van der Waals surface area contributed by atoms with Crippen LogP contribution >= 0.6 is 0 Å². The van der Waals surface area contributed by atoms with Crippen molar-refractivity contribution in [3.8, 4) is 0 Å². The van der Waals surface area contributed by atoms with E-state index in [1.807, 2.05) is 4.90 Å². The highest BCUT2D eigenvalue weighted by molar-refractivity contribution is 5.76. The van der Waals surface area contributed by atoms with Gasteiger partial charge in [-0.3, -0.25) is 4.79 Å². The van der Waals surface area contributed by atoms with E-state index in [0.717, 1.165) is 38.6 Å². The van der Waals surface area contributed by atoms with Crippen LogP contribution in [-0.4, -0.2) is 41.7 Å². The van der Waals surface area contributed by atoms with E-state index < -0.39 is 0 Å². The molecule has 100 valence electrons. The third kappa shape index (κ3) is 4.28. The van der Waals surface area contributed by atoms with Gasteiger partial charge in [0.25, 0.3) is 0 Å². The van der Waals surface area contributed by atoms with Crippen LogP contribution in [-0.2, 0) is 4.79 Å². The number of hydrogen-bond donors (Lipinski definition) is 2. The Morgan fingerprint density at radius 1 is 1.47 bits per heavy atom. The summed E-state index contributed by atoms with van der Waals surface area (Å²) in [5, 5.41) is 9.37. The molecule has 0 aromatic carbocycles. The van der Waals surface area contributed by atoms with E-state index in [0.29, 0.717) is 13.0 Å². The predicted molar refractivity (Wildman–Crippen MR) is 68.5 cm³/mol. The lowest BCUT2D eigenvalue weighted by molar-refractivity contribution is -0.135. The van der Waals surface area contributed by atoms with Crippen LogP contribution < -0.4 is 5.73 Å². The van der Waals surface area contributed by atoms with Crippen LogP contribution in [0.5, 0.6) is 0 Å². The largest absolute Gasteiger partial charge is 0.394 e. The maximum atomic E-state index is 12.2. The number of carbonyl (C=O) groups is 1. The van der Waals surface area contributed by atoms with Gasteiger partial charge in [0.15, 0.2) is 0 Å². The summed E-state index contributed by atoms with van der Waals surface area (Å²) in [5.74, 6) is 0.452. The van der Waals surface area contributed by atoms with Gasteiger partial charge in [-0.25, -0.2) is 0 Å². The van der Waals surface area contributed by atoms with Crippen molar-refractivity contribution in [2.75, 3.05) is 19.7 Å². The zero-order chi connectivity index (χ0) is 12.7. The average Bonchev–Trinajstić information content (AvgIpc) is 2.60. The molecule has 0 aromatic heterocycles. The van der Waals surface area contributed by atoms with E-state index in [-0.39, 0.29) is 24.5 Å². The average molecular weight is 242 g/mol. The number of likely N-dealkylation sites (tertiary alicyclic amines) is 1. The molecule has 1 aliphatic rings. The van der Waals surface area contributed by atoms with Crippen molar-refractivity contribution in [2.45, 2.75) is 51.5 Å². The van der Waals surface area contributed by atoms with Crippen molar-refractivity contribution >= 4 is 5.91 Å². The first-order valence-electron chi connectivity index (χ1n) is 6.83.